The zero-order valence-electron chi connectivity index (χ0n) is 11.3. The third-order valence-corrected chi connectivity index (χ3v) is 4.74. The normalized spacial score (nSPS) is 24.1. The lowest BCUT2D eigenvalue weighted by atomic mass is 9.73. The maximum Gasteiger partial charge on any atom is 0.147 e. The van der Waals surface area contributed by atoms with E-state index < -0.39 is 0 Å². The van der Waals surface area contributed by atoms with Gasteiger partial charge >= 0.3 is 0 Å². The molecule has 1 fully saturated rings. The molecule has 4 heteroatoms. The molecular weight excluding hydrogens is 244 g/mol. The van der Waals surface area contributed by atoms with Gasteiger partial charge in [0.05, 0.1) is 6.42 Å². The molecule has 2 heterocycles. The number of Topliss-reactive ketones (excluding diaryl/α,β-unsaturated/α-hetero) is 1. The predicted molar refractivity (Wildman–Crippen MR) is 75.0 cm³/mol. The molecule has 1 N–H and O–H groups in total. The molecule has 2 rings (SSSR count). The maximum atomic E-state index is 12.6. The maximum absolute atomic E-state index is 12.6. The van der Waals surface area contributed by atoms with E-state index in [0.717, 1.165) is 49.5 Å². The van der Waals surface area contributed by atoms with E-state index in [1.807, 2.05) is 12.3 Å². The summed E-state index contributed by atoms with van der Waals surface area (Å²) in [7, 11) is 0. The summed E-state index contributed by atoms with van der Waals surface area (Å²) < 4.78 is 0. The molecule has 0 spiro atoms. The molecule has 18 heavy (non-hydrogen) atoms. The third-order valence-electron chi connectivity index (χ3n) is 3.77. The number of carbonyl (C=O) groups is 1. The quantitative estimate of drug-likeness (QED) is 0.891. The average molecular weight is 266 g/mol. The first-order chi connectivity index (χ1) is 8.66. The number of piperidine rings is 1. The lowest BCUT2D eigenvalue weighted by Gasteiger charge is -2.36. The predicted octanol–water partition coefficient (Wildman–Crippen LogP) is 2.73. The Morgan fingerprint density at radius 1 is 1.61 bits per heavy atom. The molecule has 1 unspecified atom stereocenters. The number of aromatic nitrogens is 1. The average Bonchev–Trinajstić information content (AvgIpc) is 2.76. The van der Waals surface area contributed by atoms with Crippen molar-refractivity contribution in [2.24, 2.45) is 5.41 Å². The summed E-state index contributed by atoms with van der Waals surface area (Å²) in [4.78, 5) is 17.0. The highest BCUT2D eigenvalue weighted by atomic mass is 32.1. The second kappa shape index (κ2) is 5.93. The van der Waals surface area contributed by atoms with Crippen molar-refractivity contribution < 1.29 is 4.79 Å². The second-order valence-corrected chi connectivity index (χ2v) is 6.24. The van der Waals surface area contributed by atoms with Crippen molar-refractivity contribution in [1.29, 1.82) is 0 Å². The van der Waals surface area contributed by atoms with Crippen LogP contribution in [-0.4, -0.2) is 23.9 Å². The molecule has 0 amide bonds. The van der Waals surface area contributed by atoms with Gasteiger partial charge in [-0.3, -0.25) is 4.79 Å². The Kier molecular flexibility index (Phi) is 4.51. The third kappa shape index (κ3) is 2.98. The highest BCUT2D eigenvalue weighted by molar-refractivity contribution is 7.09. The molecule has 0 radical (unpaired) electrons. The van der Waals surface area contributed by atoms with Crippen molar-refractivity contribution >= 4 is 17.1 Å². The second-order valence-electron chi connectivity index (χ2n) is 5.29. The highest BCUT2D eigenvalue weighted by Crippen LogP contribution is 2.34. The van der Waals surface area contributed by atoms with Gasteiger partial charge in [-0.25, -0.2) is 4.98 Å². The minimum atomic E-state index is -0.132. The van der Waals surface area contributed by atoms with Crippen LogP contribution in [0, 0.1) is 12.3 Å². The molecule has 3 nitrogen and oxygen atoms in total. The molecule has 1 saturated heterocycles. The Bertz CT molecular complexity index is 402. The lowest BCUT2D eigenvalue weighted by Crippen LogP contribution is -2.46. The number of aryl methyl sites for hydroxylation is 1. The molecule has 0 aromatic carbocycles. The molecule has 1 aliphatic rings. The van der Waals surface area contributed by atoms with Crippen molar-refractivity contribution in [2.75, 3.05) is 13.1 Å². The summed E-state index contributed by atoms with van der Waals surface area (Å²) in [5.41, 5.74) is 0.890. The number of nitrogens with zero attached hydrogens (tertiary/aromatic N) is 1. The van der Waals surface area contributed by atoms with Gasteiger partial charge in [0.15, 0.2) is 0 Å². The molecule has 100 valence electrons. The first-order valence-corrected chi connectivity index (χ1v) is 7.69. The van der Waals surface area contributed by atoms with E-state index in [9.17, 15) is 4.79 Å². The number of carbonyl (C=O) groups excluding carboxylic acids is 1. The molecule has 1 atom stereocenters. The number of ketones is 1. The van der Waals surface area contributed by atoms with E-state index in [2.05, 4.69) is 17.2 Å². The SMILES string of the molecule is CCCC1(C(=O)Cc2nc(C)cs2)CCCNC1. The van der Waals surface area contributed by atoms with Crippen LogP contribution in [0.3, 0.4) is 0 Å². The van der Waals surface area contributed by atoms with Crippen LogP contribution in [0.5, 0.6) is 0 Å². The molecule has 0 aliphatic carbocycles. The van der Waals surface area contributed by atoms with Gasteiger partial charge in [0.25, 0.3) is 0 Å². The van der Waals surface area contributed by atoms with Gasteiger partial charge in [0.1, 0.15) is 10.8 Å². The van der Waals surface area contributed by atoms with E-state index in [1.165, 1.54) is 0 Å². The van der Waals surface area contributed by atoms with Gasteiger partial charge in [-0.15, -0.1) is 11.3 Å². The first kappa shape index (κ1) is 13.7. The standard InChI is InChI=1S/C14H22N2OS/c1-3-5-14(6-4-7-15-10-14)12(17)8-13-16-11(2)9-18-13/h9,15H,3-8,10H2,1-2H3. The van der Waals surface area contributed by atoms with Gasteiger partial charge in [0.2, 0.25) is 0 Å². The number of rotatable bonds is 5. The largest absolute Gasteiger partial charge is 0.316 e. The van der Waals surface area contributed by atoms with Crippen molar-refractivity contribution in [1.82, 2.24) is 10.3 Å². The van der Waals surface area contributed by atoms with Crippen LogP contribution in [0.1, 0.15) is 43.3 Å². The van der Waals surface area contributed by atoms with Crippen molar-refractivity contribution in [2.45, 2.75) is 46.0 Å². The monoisotopic (exact) mass is 266 g/mol. The molecular formula is C14H22N2OS. The van der Waals surface area contributed by atoms with Gasteiger partial charge in [-0.2, -0.15) is 0 Å². The van der Waals surface area contributed by atoms with Crippen LogP contribution in [0.2, 0.25) is 0 Å². The molecule has 0 saturated carbocycles. The zero-order valence-corrected chi connectivity index (χ0v) is 12.1. The van der Waals surface area contributed by atoms with Crippen LogP contribution in [0.15, 0.2) is 5.38 Å². The Hall–Kier alpha value is -0.740. The van der Waals surface area contributed by atoms with E-state index in [1.54, 1.807) is 11.3 Å². The fourth-order valence-electron chi connectivity index (χ4n) is 2.85. The Balaban J connectivity index is 2.08. The number of nitrogens with one attached hydrogen (secondary N) is 1. The summed E-state index contributed by atoms with van der Waals surface area (Å²) in [6.45, 7) is 6.05. The Morgan fingerprint density at radius 3 is 3.00 bits per heavy atom. The Labute approximate surface area is 113 Å². The van der Waals surface area contributed by atoms with Crippen molar-refractivity contribution in [3.05, 3.63) is 16.1 Å². The molecule has 1 aliphatic heterocycles. The summed E-state index contributed by atoms with van der Waals surface area (Å²) >= 11 is 1.61. The smallest absolute Gasteiger partial charge is 0.147 e. The van der Waals surface area contributed by atoms with Gasteiger partial charge in [-0.1, -0.05) is 13.3 Å². The zero-order chi connectivity index (χ0) is 13.0. The van der Waals surface area contributed by atoms with Crippen LogP contribution in [0.25, 0.3) is 0 Å². The first-order valence-electron chi connectivity index (χ1n) is 6.81. The fourth-order valence-corrected chi connectivity index (χ4v) is 3.62. The van der Waals surface area contributed by atoms with E-state index >= 15 is 0 Å². The minimum Gasteiger partial charge on any atom is -0.316 e. The molecule has 1 aromatic rings. The minimum absolute atomic E-state index is 0.132. The number of hydrogen-bond donors (Lipinski definition) is 1. The number of thiazole rings is 1. The molecule has 0 bridgehead atoms. The van der Waals surface area contributed by atoms with E-state index in [4.69, 9.17) is 0 Å². The van der Waals surface area contributed by atoms with Gasteiger partial charge < -0.3 is 5.32 Å². The Morgan fingerprint density at radius 2 is 2.44 bits per heavy atom. The van der Waals surface area contributed by atoms with Crippen LogP contribution >= 0.6 is 11.3 Å². The van der Waals surface area contributed by atoms with Crippen molar-refractivity contribution in [3.8, 4) is 0 Å². The van der Waals surface area contributed by atoms with E-state index in [-0.39, 0.29) is 5.41 Å². The fraction of sp³-hybridized carbons (Fsp3) is 0.714. The van der Waals surface area contributed by atoms with Gasteiger partial charge in [0, 0.05) is 23.0 Å². The van der Waals surface area contributed by atoms with E-state index in [0.29, 0.717) is 12.2 Å². The van der Waals surface area contributed by atoms with Gasteiger partial charge in [-0.05, 0) is 32.7 Å². The summed E-state index contributed by atoms with van der Waals surface area (Å²) in [5, 5.41) is 6.39. The topological polar surface area (TPSA) is 42.0 Å². The lowest BCUT2D eigenvalue weighted by molar-refractivity contribution is -0.129. The summed E-state index contributed by atoms with van der Waals surface area (Å²) in [6, 6.07) is 0. The number of hydrogen-bond acceptors (Lipinski definition) is 4. The van der Waals surface area contributed by atoms with Crippen molar-refractivity contribution in [3.63, 3.8) is 0 Å². The van der Waals surface area contributed by atoms with Crippen LogP contribution in [-0.2, 0) is 11.2 Å². The van der Waals surface area contributed by atoms with Crippen LogP contribution in [0.4, 0.5) is 0 Å². The van der Waals surface area contributed by atoms with Crippen LogP contribution < -0.4 is 5.32 Å². The highest BCUT2D eigenvalue weighted by Gasteiger charge is 2.38. The summed E-state index contributed by atoms with van der Waals surface area (Å²) in [6.07, 6.45) is 4.74. The molecule has 1 aromatic heterocycles. The summed E-state index contributed by atoms with van der Waals surface area (Å²) in [5.74, 6) is 0.380.